The highest BCUT2D eigenvalue weighted by molar-refractivity contribution is 6.34. The van der Waals surface area contributed by atoms with E-state index in [1.807, 2.05) is 0 Å². The lowest BCUT2D eigenvalue weighted by molar-refractivity contribution is -0.189. The van der Waals surface area contributed by atoms with Crippen LogP contribution in [0.3, 0.4) is 0 Å². The first kappa shape index (κ1) is 25.7. The van der Waals surface area contributed by atoms with Crippen molar-refractivity contribution in [2.75, 3.05) is 5.32 Å². The van der Waals surface area contributed by atoms with Crippen molar-refractivity contribution < 1.29 is 31.5 Å². The molecule has 4 rings (SSSR count). The molecule has 1 atom stereocenters. The van der Waals surface area contributed by atoms with Crippen LogP contribution >= 0.6 is 11.6 Å². The molecule has 0 bridgehead atoms. The molecule has 36 heavy (non-hydrogen) atoms. The van der Waals surface area contributed by atoms with E-state index in [2.05, 4.69) is 10.4 Å². The number of nitrogens with one attached hydrogen (secondary N) is 1. The minimum Gasteiger partial charge on any atom is -0.480 e. The third kappa shape index (κ3) is 4.95. The second-order valence-electron chi connectivity index (χ2n) is 8.35. The van der Waals surface area contributed by atoms with Crippen molar-refractivity contribution in [2.24, 2.45) is 0 Å². The highest BCUT2D eigenvalue weighted by Gasteiger charge is 2.39. The molecule has 0 saturated heterocycles. The number of carbonyl (C=O) groups is 1. The van der Waals surface area contributed by atoms with Crippen LogP contribution in [0.1, 0.15) is 41.5 Å². The fourth-order valence-corrected chi connectivity index (χ4v) is 4.14. The van der Waals surface area contributed by atoms with Gasteiger partial charge in [0.2, 0.25) is 0 Å². The number of carbonyl (C=O) groups excluding carboxylic acids is 1. The number of hydrogen-bond acceptors (Lipinski definition) is 4. The number of amides is 1. The lowest BCUT2D eigenvalue weighted by atomic mass is 10.1. The lowest BCUT2D eigenvalue weighted by Crippen LogP contribution is -2.32. The summed E-state index contributed by atoms with van der Waals surface area (Å²) >= 11 is 6.00. The number of halogens is 6. The van der Waals surface area contributed by atoms with Gasteiger partial charge in [-0.2, -0.15) is 17.9 Å². The molecule has 0 aliphatic carbocycles. The Morgan fingerprint density at radius 1 is 1.19 bits per heavy atom. The van der Waals surface area contributed by atoms with E-state index in [1.54, 1.807) is 0 Å². The number of hydrogen-bond donors (Lipinski definition) is 1. The summed E-state index contributed by atoms with van der Waals surface area (Å²) in [7, 11) is 0. The number of nitrogens with zero attached hydrogens (tertiary/aromatic N) is 3. The Hall–Kier alpha value is -3.41. The molecule has 1 amide bonds. The van der Waals surface area contributed by atoms with Crippen molar-refractivity contribution in [1.82, 2.24) is 14.3 Å². The second-order valence-corrected chi connectivity index (χ2v) is 8.76. The molecule has 1 N–H and O–H groups in total. The number of ether oxygens (including phenoxy) is 1. The van der Waals surface area contributed by atoms with Gasteiger partial charge < -0.3 is 10.1 Å². The van der Waals surface area contributed by atoms with Crippen LogP contribution < -0.4 is 15.7 Å². The van der Waals surface area contributed by atoms with E-state index < -0.39 is 52.5 Å². The Kier molecular flexibility index (Phi) is 6.82. The van der Waals surface area contributed by atoms with Gasteiger partial charge in [-0.3, -0.25) is 9.36 Å². The average Bonchev–Trinajstić information content (AvgIpc) is 3.12. The number of aryl methyl sites for hydroxylation is 2. The largest absolute Gasteiger partial charge is 0.480 e. The van der Waals surface area contributed by atoms with E-state index in [9.17, 15) is 27.2 Å². The van der Waals surface area contributed by atoms with Gasteiger partial charge in [0.15, 0.2) is 6.10 Å². The Balaban J connectivity index is 1.80. The fourth-order valence-electron chi connectivity index (χ4n) is 3.84. The normalized spacial score (nSPS) is 14.3. The molecule has 1 aliphatic rings. The van der Waals surface area contributed by atoms with Gasteiger partial charge in [0.1, 0.15) is 28.9 Å². The van der Waals surface area contributed by atoms with Crippen LogP contribution in [0.5, 0.6) is 5.75 Å². The van der Waals surface area contributed by atoms with Crippen LogP contribution in [0.4, 0.5) is 27.6 Å². The first-order valence-electron chi connectivity index (χ1n) is 10.9. The van der Waals surface area contributed by atoms with E-state index in [-0.39, 0.29) is 16.3 Å². The molecule has 3 aromatic rings. The number of aromatic nitrogens is 3. The lowest BCUT2D eigenvalue weighted by Gasteiger charge is -2.21. The van der Waals surface area contributed by atoms with Crippen LogP contribution in [0.2, 0.25) is 5.02 Å². The van der Waals surface area contributed by atoms with Crippen molar-refractivity contribution in [3.05, 3.63) is 68.4 Å². The average molecular weight is 531 g/mol. The van der Waals surface area contributed by atoms with E-state index in [0.29, 0.717) is 31.8 Å². The van der Waals surface area contributed by atoms with E-state index in [0.717, 1.165) is 35.7 Å². The summed E-state index contributed by atoms with van der Waals surface area (Å²) in [6.07, 6.45) is -5.19. The van der Waals surface area contributed by atoms with Crippen LogP contribution in [0.25, 0.3) is 5.69 Å². The van der Waals surface area contributed by atoms with Gasteiger partial charge in [-0.1, -0.05) is 11.6 Å². The maximum Gasteiger partial charge on any atom is 0.425 e. The first-order valence-corrected chi connectivity index (χ1v) is 11.3. The van der Waals surface area contributed by atoms with Gasteiger partial charge in [0.05, 0.1) is 16.3 Å². The van der Waals surface area contributed by atoms with Crippen molar-refractivity contribution in [3.63, 3.8) is 0 Å². The standard InChI is InChI=1S/C23H20ClF5N4O3/c1-11-7-13(25)8-15(24)20(11)30-21(34)14-9-16(26)17(10-18(14)36-12(2)23(27,28)29)33-22(35)32-6-4-3-5-19(32)31-33/h7-10,12H,3-6H2,1-2H3,(H,30,34)/t12-/m0/s1. The zero-order chi connectivity index (χ0) is 26.4. The van der Waals surface area contributed by atoms with Gasteiger partial charge in [-0.25, -0.2) is 13.6 Å². The molecule has 2 aromatic carbocycles. The minimum atomic E-state index is -4.80. The quantitative estimate of drug-likeness (QED) is 0.460. The third-order valence-corrected chi connectivity index (χ3v) is 6.05. The van der Waals surface area contributed by atoms with Gasteiger partial charge in [-0.05, 0) is 50.5 Å². The Labute approximate surface area is 206 Å². The summed E-state index contributed by atoms with van der Waals surface area (Å²) in [5, 5.41) is 6.31. The van der Waals surface area contributed by atoms with Gasteiger partial charge in [0.25, 0.3) is 5.91 Å². The molecule has 0 unspecified atom stereocenters. The monoisotopic (exact) mass is 530 g/mol. The summed E-state index contributed by atoms with van der Waals surface area (Å²) in [5.41, 5.74) is -1.51. The number of anilines is 1. The molecule has 192 valence electrons. The number of benzene rings is 2. The van der Waals surface area contributed by atoms with Gasteiger partial charge >= 0.3 is 11.9 Å². The third-order valence-electron chi connectivity index (χ3n) is 5.75. The van der Waals surface area contributed by atoms with Crippen LogP contribution in [0, 0.1) is 18.6 Å². The molecule has 1 aliphatic heterocycles. The molecule has 0 saturated carbocycles. The summed E-state index contributed by atoms with van der Waals surface area (Å²) in [6, 6.07) is 3.50. The summed E-state index contributed by atoms with van der Waals surface area (Å²) in [4.78, 5) is 25.8. The van der Waals surface area contributed by atoms with Crippen molar-refractivity contribution in [1.29, 1.82) is 0 Å². The smallest absolute Gasteiger partial charge is 0.425 e. The predicted molar refractivity (Wildman–Crippen MR) is 121 cm³/mol. The molecule has 13 heteroatoms. The first-order chi connectivity index (χ1) is 16.9. The predicted octanol–water partition coefficient (Wildman–Crippen LogP) is 5.19. The molecule has 2 heterocycles. The van der Waals surface area contributed by atoms with Crippen molar-refractivity contribution in [2.45, 2.75) is 51.9 Å². The molecule has 1 aromatic heterocycles. The molecular formula is C23H20ClF5N4O3. The molecule has 7 nitrogen and oxygen atoms in total. The number of rotatable bonds is 5. The molecule has 0 spiro atoms. The van der Waals surface area contributed by atoms with Gasteiger partial charge in [-0.15, -0.1) is 5.10 Å². The highest BCUT2D eigenvalue weighted by Crippen LogP contribution is 2.33. The van der Waals surface area contributed by atoms with Crippen LogP contribution in [0.15, 0.2) is 29.1 Å². The summed E-state index contributed by atoms with van der Waals surface area (Å²) in [6.45, 7) is 2.54. The Morgan fingerprint density at radius 3 is 2.56 bits per heavy atom. The molecule has 0 radical (unpaired) electrons. The SMILES string of the molecule is Cc1cc(F)cc(Cl)c1NC(=O)c1cc(F)c(-n2nc3n(c2=O)CCCC3)cc1O[C@@H](C)C(F)(F)F. The van der Waals surface area contributed by atoms with Gasteiger partial charge in [0, 0.05) is 19.0 Å². The van der Waals surface area contributed by atoms with E-state index >= 15 is 4.39 Å². The van der Waals surface area contributed by atoms with E-state index in [4.69, 9.17) is 16.3 Å². The zero-order valence-corrected chi connectivity index (χ0v) is 19.8. The minimum absolute atomic E-state index is 0.0135. The van der Waals surface area contributed by atoms with Crippen LogP contribution in [-0.2, 0) is 13.0 Å². The topological polar surface area (TPSA) is 78.2 Å². The van der Waals surface area contributed by atoms with E-state index in [1.165, 1.54) is 11.5 Å². The maximum absolute atomic E-state index is 15.2. The highest BCUT2D eigenvalue weighted by atomic mass is 35.5. The zero-order valence-electron chi connectivity index (χ0n) is 19.0. The van der Waals surface area contributed by atoms with Crippen molar-refractivity contribution in [3.8, 4) is 11.4 Å². The Bertz CT molecular complexity index is 1380. The summed E-state index contributed by atoms with van der Waals surface area (Å²) < 4.78 is 75.6. The number of fused-ring (bicyclic) bond motifs is 1. The molecular weight excluding hydrogens is 511 g/mol. The fraction of sp³-hybridized carbons (Fsp3) is 0.348. The Morgan fingerprint density at radius 2 is 1.92 bits per heavy atom. The van der Waals surface area contributed by atoms with Crippen molar-refractivity contribution >= 4 is 23.2 Å². The van der Waals surface area contributed by atoms with Crippen LogP contribution in [-0.4, -0.2) is 32.5 Å². The summed E-state index contributed by atoms with van der Waals surface area (Å²) in [5.74, 6) is -3.03. The number of alkyl halides is 3. The second kappa shape index (κ2) is 9.57. The molecule has 0 fully saturated rings. The maximum atomic E-state index is 15.2.